The molecule has 0 spiro atoms. The van der Waals surface area contributed by atoms with Gasteiger partial charge in [-0.3, -0.25) is 4.79 Å². The van der Waals surface area contributed by atoms with Crippen LogP contribution in [0.15, 0.2) is 41.1 Å². The molecule has 2 aromatic rings. The van der Waals surface area contributed by atoms with Crippen molar-refractivity contribution in [1.29, 1.82) is 0 Å². The zero-order chi connectivity index (χ0) is 13.0. The molecule has 3 nitrogen and oxygen atoms in total. The van der Waals surface area contributed by atoms with E-state index in [1.807, 2.05) is 48.0 Å². The Morgan fingerprint density at radius 3 is 2.72 bits per heavy atom. The smallest absolute Gasteiger partial charge is 0.259 e. The highest BCUT2D eigenvalue weighted by Gasteiger charge is 2.18. The van der Waals surface area contributed by atoms with Crippen LogP contribution < -0.4 is 10.6 Å². The van der Waals surface area contributed by atoms with Crippen molar-refractivity contribution >= 4 is 28.6 Å². The van der Waals surface area contributed by atoms with Gasteiger partial charge in [-0.05, 0) is 30.0 Å². The summed E-state index contributed by atoms with van der Waals surface area (Å²) in [5, 5.41) is 3.77. The number of carbonyl (C=O) groups is 1. The van der Waals surface area contributed by atoms with Gasteiger partial charge in [-0.25, -0.2) is 0 Å². The second kappa shape index (κ2) is 5.69. The van der Waals surface area contributed by atoms with E-state index in [2.05, 4.69) is 0 Å². The zero-order valence-electron chi connectivity index (χ0n) is 10.3. The standard InChI is InChI=1S/C14H16N2OS/c1-2-8-16(13-6-4-3-5-12(13)15)14(17)11-7-9-18-10-11/h3-7,9-10H,2,8,15H2,1H3. The lowest BCUT2D eigenvalue weighted by Gasteiger charge is -2.23. The lowest BCUT2D eigenvalue weighted by atomic mass is 10.2. The first-order valence-corrected chi connectivity index (χ1v) is 6.87. The van der Waals surface area contributed by atoms with Crippen molar-refractivity contribution in [1.82, 2.24) is 0 Å². The highest BCUT2D eigenvalue weighted by Crippen LogP contribution is 2.25. The van der Waals surface area contributed by atoms with Gasteiger partial charge in [-0.15, -0.1) is 0 Å². The van der Waals surface area contributed by atoms with Gasteiger partial charge >= 0.3 is 0 Å². The third kappa shape index (κ3) is 2.54. The van der Waals surface area contributed by atoms with Gasteiger partial charge in [-0.2, -0.15) is 11.3 Å². The molecule has 0 aliphatic rings. The minimum atomic E-state index is 0.0102. The second-order valence-corrected chi connectivity index (χ2v) is 4.81. The number of benzene rings is 1. The van der Waals surface area contributed by atoms with E-state index in [4.69, 9.17) is 5.73 Å². The van der Waals surface area contributed by atoms with Gasteiger partial charge in [0.05, 0.1) is 16.9 Å². The van der Waals surface area contributed by atoms with Gasteiger partial charge in [0.25, 0.3) is 5.91 Å². The summed E-state index contributed by atoms with van der Waals surface area (Å²) in [5.74, 6) is 0.0102. The molecule has 0 fully saturated rings. The van der Waals surface area contributed by atoms with E-state index < -0.39 is 0 Å². The number of para-hydroxylation sites is 2. The fraction of sp³-hybridized carbons (Fsp3) is 0.214. The van der Waals surface area contributed by atoms with Crippen LogP contribution >= 0.6 is 11.3 Å². The Kier molecular flexibility index (Phi) is 3.99. The highest BCUT2D eigenvalue weighted by atomic mass is 32.1. The number of anilines is 2. The van der Waals surface area contributed by atoms with E-state index in [-0.39, 0.29) is 5.91 Å². The molecule has 1 aromatic heterocycles. The fourth-order valence-electron chi connectivity index (χ4n) is 1.83. The molecule has 0 saturated heterocycles. The number of amides is 1. The molecule has 1 heterocycles. The summed E-state index contributed by atoms with van der Waals surface area (Å²) >= 11 is 1.52. The average molecular weight is 260 g/mol. The van der Waals surface area contributed by atoms with E-state index in [0.29, 0.717) is 12.2 Å². The van der Waals surface area contributed by atoms with Crippen molar-refractivity contribution in [3.63, 3.8) is 0 Å². The van der Waals surface area contributed by atoms with Gasteiger partial charge in [0.1, 0.15) is 0 Å². The maximum absolute atomic E-state index is 12.4. The number of nitrogens with zero attached hydrogens (tertiary/aromatic N) is 1. The quantitative estimate of drug-likeness (QED) is 0.856. The molecule has 1 aromatic carbocycles. The van der Waals surface area contributed by atoms with Crippen molar-refractivity contribution in [3.05, 3.63) is 46.7 Å². The Bertz CT molecular complexity index is 522. The Labute approximate surface area is 111 Å². The number of nitrogens with two attached hydrogens (primary N) is 1. The van der Waals surface area contributed by atoms with Crippen molar-refractivity contribution in [2.75, 3.05) is 17.2 Å². The zero-order valence-corrected chi connectivity index (χ0v) is 11.1. The van der Waals surface area contributed by atoms with E-state index in [9.17, 15) is 4.79 Å². The molecule has 2 N–H and O–H groups in total. The Hall–Kier alpha value is -1.81. The molecular formula is C14H16N2OS. The van der Waals surface area contributed by atoms with Crippen LogP contribution in [0.4, 0.5) is 11.4 Å². The molecule has 1 amide bonds. The predicted molar refractivity (Wildman–Crippen MR) is 77.1 cm³/mol. The lowest BCUT2D eigenvalue weighted by Crippen LogP contribution is -2.32. The van der Waals surface area contributed by atoms with Crippen molar-refractivity contribution in [2.24, 2.45) is 0 Å². The first-order chi connectivity index (χ1) is 8.74. The molecule has 94 valence electrons. The van der Waals surface area contributed by atoms with E-state index in [0.717, 1.165) is 17.7 Å². The molecule has 0 aliphatic carbocycles. The molecule has 0 saturated carbocycles. The Balaban J connectivity index is 2.34. The van der Waals surface area contributed by atoms with Crippen LogP contribution in [0.3, 0.4) is 0 Å². The second-order valence-electron chi connectivity index (χ2n) is 4.03. The summed E-state index contributed by atoms with van der Waals surface area (Å²) < 4.78 is 0. The molecule has 0 bridgehead atoms. The van der Waals surface area contributed by atoms with E-state index >= 15 is 0 Å². The summed E-state index contributed by atoms with van der Waals surface area (Å²) in [6.07, 6.45) is 0.893. The van der Waals surface area contributed by atoms with Crippen molar-refractivity contribution in [2.45, 2.75) is 13.3 Å². The molecule has 18 heavy (non-hydrogen) atoms. The lowest BCUT2D eigenvalue weighted by molar-refractivity contribution is 0.0987. The molecule has 0 radical (unpaired) electrons. The number of nitrogen functional groups attached to an aromatic ring is 1. The van der Waals surface area contributed by atoms with Crippen LogP contribution in [0.1, 0.15) is 23.7 Å². The summed E-state index contributed by atoms with van der Waals surface area (Å²) in [4.78, 5) is 14.2. The summed E-state index contributed by atoms with van der Waals surface area (Å²) in [6.45, 7) is 2.72. The normalized spacial score (nSPS) is 10.3. The molecule has 0 aliphatic heterocycles. The van der Waals surface area contributed by atoms with Gasteiger partial charge in [0.2, 0.25) is 0 Å². The minimum Gasteiger partial charge on any atom is -0.397 e. The van der Waals surface area contributed by atoms with Crippen molar-refractivity contribution < 1.29 is 4.79 Å². The van der Waals surface area contributed by atoms with Gasteiger partial charge in [0, 0.05) is 11.9 Å². The van der Waals surface area contributed by atoms with Gasteiger partial charge < -0.3 is 10.6 Å². The molecule has 0 unspecified atom stereocenters. The Morgan fingerprint density at radius 1 is 1.33 bits per heavy atom. The van der Waals surface area contributed by atoms with Crippen LogP contribution in [0.25, 0.3) is 0 Å². The largest absolute Gasteiger partial charge is 0.397 e. The molecule has 4 heteroatoms. The minimum absolute atomic E-state index is 0.0102. The SMILES string of the molecule is CCCN(C(=O)c1ccsc1)c1ccccc1N. The van der Waals surface area contributed by atoms with Crippen LogP contribution in [0.5, 0.6) is 0 Å². The van der Waals surface area contributed by atoms with Gasteiger partial charge in [-0.1, -0.05) is 19.1 Å². The number of rotatable bonds is 4. The molecule has 2 rings (SSSR count). The first kappa shape index (κ1) is 12.6. The van der Waals surface area contributed by atoms with E-state index in [1.54, 1.807) is 4.90 Å². The van der Waals surface area contributed by atoms with Crippen LogP contribution in [-0.2, 0) is 0 Å². The highest BCUT2D eigenvalue weighted by molar-refractivity contribution is 7.08. The maximum Gasteiger partial charge on any atom is 0.259 e. The first-order valence-electron chi connectivity index (χ1n) is 5.92. The van der Waals surface area contributed by atoms with Crippen LogP contribution in [0, 0.1) is 0 Å². The number of hydrogen-bond acceptors (Lipinski definition) is 3. The number of hydrogen-bond donors (Lipinski definition) is 1. The summed E-state index contributed by atoms with van der Waals surface area (Å²) in [7, 11) is 0. The van der Waals surface area contributed by atoms with Crippen LogP contribution in [0.2, 0.25) is 0 Å². The van der Waals surface area contributed by atoms with E-state index in [1.165, 1.54) is 11.3 Å². The predicted octanol–water partition coefficient (Wildman–Crippen LogP) is 3.39. The topological polar surface area (TPSA) is 46.3 Å². The monoisotopic (exact) mass is 260 g/mol. The third-order valence-electron chi connectivity index (χ3n) is 2.69. The van der Waals surface area contributed by atoms with Crippen LogP contribution in [-0.4, -0.2) is 12.5 Å². The van der Waals surface area contributed by atoms with Crippen molar-refractivity contribution in [3.8, 4) is 0 Å². The third-order valence-corrected chi connectivity index (χ3v) is 3.37. The number of thiophene rings is 1. The van der Waals surface area contributed by atoms with Gasteiger partial charge in [0.15, 0.2) is 0 Å². The molecule has 0 atom stereocenters. The summed E-state index contributed by atoms with van der Waals surface area (Å²) in [5.41, 5.74) is 8.09. The molecular weight excluding hydrogens is 244 g/mol. The number of carbonyl (C=O) groups excluding carboxylic acids is 1. The Morgan fingerprint density at radius 2 is 2.11 bits per heavy atom. The fourth-order valence-corrected chi connectivity index (χ4v) is 2.46. The average Bonchev–Trinajstić information content (AvgIpc) is 2.90. The maximum atomic E-state index is 12.4. The summed E-state index contributed by atoms with van der Waals surface area (Å²) in [6, 6.07) is 9.32.